The maximum Gasteiger partial charge on any atom is 0.360 e. The van der Waals surface area contributed by atoms with Gasteiger partial charge in [0, 0.05) is 62.5 Å². The number of carboxylic acid groups (broad SMARTS) is 1. The van der Waals surface area contributed by atoms with Gasteiger partial charge in [0.2, 0.25) is 0 Å². The van der Waals surface area contributed by atoms with Crippen molar-refractivity contribution < 1.29 is 45.9 Å². The van der Waals surface area contributed by atoms with Gasteiger partial charge in [0.15, 0.2) is 0 Å². The zero-order valence-corrected chi connectivity index (χ0v) is 23.1. The Labute approximate surface area is 236 Å². The van der Waals surface area contributed by atoms with E-state index < -0.39 is 23.5 Å². The molecular formula is C31H38ClNO6. The maximum absolute atomic E-state index is 14.3. The van der Waals surface area contributed by atoms with Crippen molar-refractivity contribution >= 4 is 17.9 Å². The number of hydrogen-bond acceptors (Lipinski definition) is 5. The molecule has 7 nitrogen and oxygen atoms in total. The molecule has 2 atom stereocenters. The van der Waals surface area contributed by atoms with Gasteiger partial charge in [0.05, 0.1) is 25.2 Å². The Balaban J connectivity index is 0.00000353. The number of carbonyl (C=O) groups excluding carboxylic acids is 2. The second-order valence-corrected chi connectivity index (χ2v) is 11.1. The largest absolute Gasteiger partial charge is 1.00 e. The summed E-state index contributed by atoms with van der Waals surface area (Å²) in [5.41, 5.74) is -0.656. The van der Waals surface area contributed by atoms with Gasteiger partial charge in [0.1, 0.15) is 6.10 Å². The molecule has 5 rings (SSSR count). The van der Waals surface area contributed by atoms with Gasteiger partial charge >= 0.3 is 17.9 Å². The van der Waals surface area contributed by atoms with Crippen molar-refractivity contribution in [2.45, 2.75) is 88.0 Å². The first-order chi connectivity index (χ1) is 18.4. The SMILES string of the molecule is O=C(O)CCCCC(=O)OC(C(=O)OC1CC2CCC(C1)[N+]21CCCC1)(c1ccccc1)c1ccccc1.[Cl-]. The molecule has 2 aromatic carbocycles. The van der Waals surface area contributed by atoms with Gasteiger partial charge in [-0.2, -0.15) is 0 Å². The molecule has 0 radical (unpaired) electrons. The van der Waals surface area contributed by atoms with Crippen LogP contribution in [-0.4, -0.2) is 58.8 Å². The van der Waals surface area contributed by atoms with Gasteiger partial charge in [0.25, 0.3) is 5.60 Å². The Hall–Kier alpha value is -2.90. The number of carbonyl (C=O) groups is 3. The second-order valence-electron chi connectivity index (χ2n) is 11.1. The predicted molar refractivity (Wildman–Crippen MR) is 141 cm³/mol. The van der Waals surface area contributed by atoms with Crippen molar-refractivity contribution in [3.63, 3.8) is 0 Å². The van der Waals surface area contributed by atoms with Gasteiger partial charge in [-0.15, -0.1) is 0 Å². The van der Waals surface area contributed by atoms with E-state index in [2.05, 4.69) is 0 Å². The molecule has 39 heavy (non-hydrogen) atoms. The van der Waals surface area contributed by atoms with E-state index in [1.54, 1.807) is 24.3 Å². The minimum atomic E-state index is -1.73. The summed E-state index contributed by atoms with van der Waals surface area (Å²) in [6, 6.07) is 19.2. The summed E-state index contributed by atoms with van der Waals surface area (Å²) in [5.74, 6) is -2.01. The highest BCUT2D eigenvalue weighted by Gasteiger charge is 2.57. The summed E-state index contributed by atoms with van der Waals surface area (Å²) >= 11 is 0. The van der Waals surface area contributed by atoms with Crippen molar-refractivity contribution in [1.82, 2.24) is 0 Å². The van der Waals surface area contributed by atoms with E-state index in [1.807, 2.05) is 36.4 Å². The van der Waals surface area contributed by atoms with Crippen LogP contribution in [0.3, 0.4) is 0 Å². The number of carboxylic acids is 1. The van der Waals surface area contributed by atoms with E-state index in [0.717, 1.165) is 12.8 Å². The Morgan fingerprint density at radius 2 is 1.33 bits per heavy atom. The van der Waals surface area contributed by atoms with Crippen molar-refractivity contribution in [2.75, 3.05) is 13.1 Å². The summed E-state index contributed by atoms with van der Waals surface area (Å²) < 4.78 is 13.6. The first kappa shape index (κ1) is 29.1. The lowest BCUT2D eigenvalue weighted by atomic mass is 9.85. The minimum absolute atomic E-state index is 0. The molecule has 3 saturated heterocycles. The molecule has 0 aromatic heterocycles. The van der Waals surface area contributed by atoms with Gasteiger partial charge in [-0.1, -0.05) is 60.7 Å². The quantitative estimate of drug-likeness (QED) is 0.274. The summed E-state index contributed by atoms with van der Waals surface area (Å²) in [6.45, 7) is 2.49. The van der Waals surface area contributed by atoms with Crippen LogP contribution in [0, 0.1) is 0 Å². The second kappa shape index (κ2) is 12.5. The zero-order valence-electron chi connectivity index (χ0n) is 22.3. The molecule has 0 saturated carbocycles. The third-order valence-electron chi connectivity index (χ3n) is 8.97. The van der Waals surface area contributed by atoms with Crippen LogP contribution >= 0.6 is 0 Å². The molecule has 0 amide bonds. The fourth-order valence-corrected chi connectivity index (χ4v) is 7.22. The summed E-state index contributed by atoms with van der Waals surface area (Å²) in [7, 11) is 0. The topological polar surface area (TPSA) is 89.9 Å². The molecule has 0 aliphatic carbocycles. The number of nitrogens with zero attached hydrogens (tertiary/aromatic N) is 1. The molecule has 8 heteroatoms. The fourth-order valence-electron chi connectivity index (χ4n) is 7.22. The van der Waals surface area contributed by atoms with Gasteiger partial charge in [-0.25, -0.2) is 4.79 Å². The lowest BCUT2D eigenvalue weighted by Crippen LogP contribution is -3.00. The summed E-state index contributed by atoms with van der Waals surface area (Å²) in [5, 5.41) is 8.92. The molecular weight excluding hydrogens is 518 g/mol. The molecule has 210 valence electrons. The number of unbranched alkanes of at least 4 members (excludes halogenated alkanes) is 1. The Bertz CT molecular complexity index is 1080. The number of quaternary nitrogens is 1. The average molecular weight is 556 g/mol. The number of benzene rings is 2. The highest BCUT2D eigenvalue weighted by Crippen LogP contribution is 2.47. The lowest BCUT2D eigenvalue weighted by molar-refractivity contribution is -0.956. The number of halogens is 1. The predicted octanol–water partition coefficient (Wildman–Crippen LogP) is 1.97. The van der Waals surface area contributed by atoms with Crippen LogP contribution in [0.15, 0.2) is 60.7 Å². The Morgan fingerprint density at radius 1 is 0.821 bits per heavy atom. The molecule has 2 aromatic rings. The van der Waals surface area contributed by atoms with Gasteiger partial charge in [-0.05, 0) is 12.8 Å². The minimum Gasteiger partial charge on any atom is -1.00 e. The first-order valence-corrected chi connectivity index (χ1v) is 14.1. The average Bonchev–Trinajstić information content (AvgIpc) is 3.47. The zero-order chi connectivity index (χ0) is 26.6. The standard InChI is InChI=1S/C31H37NO6.ClH/c33-28(34)15-7-8-16-29(35)38-31(23-11-3-1-4-12-23,24-13-5-2-6-14-24)30(36)37-27-21-25-17-18-26(22-27)32(25)19-9-10-20-32;/h1-6,11-14,25-27H,7-10,15-22H2;1H. The van der Waals surface area contributed by atoms with E-state index in [-0.39, 0.29) is 31.4 Å². The van der Waals surface area contributed by atoms with E-state index in [9.17, 15) is 14.4 Å². The summed E-state index contributed by atoms with van der Waals surface area (Å²) in [4.78, 5) is 38.3. The molecule has 2 unspecified atom stereocenters. The number of ether oxygens (including phenoxy) is 2. The fraction of sp³-hybridized carbons (Fsp3) is 0.516. The van der Waals surface area contributed by atoms with E-state index >= 15 is 0 Å². The van der Waals surface area contributed by atoms with Crippen LogP contribution in [0.25, 0.3) is 0 Å². The van der Waals surface area contributed by atoms with Gasteiger partial charge in [-0.3, -0.25) is 9.59 Å². The highest BCUT2D eigenvalue weighted by molar-refractivity contribution is 5.89. The van der Waals surface area contributed by atoms with E-state index in [0.29, 0.717) is 36.1 Å². The van der Waals surface area contributed by atoms with E-state index in [4.69, 9.17) is 14.6 Å². The van der Waals surface area contributed by atoms with Crippen LogP contribution in [0.5, 0.6) is 0 Å². The van der Waals surface area contributed by atoms with Crippen molar-refractivity contribution in [3.05, 3.63) is 71.8 Å². The number of hydrogen-bond donors (Lipinski definition) is 1. The van der Waals surface area contributed by atoms with Crippen LogP contribution in [-0.2, 0) is 29.5 Å². The first-order valence-electron chi connectivity index (χ1n) is 14.1. The van der Waals surface area contributed by atoms with Crippen molar-refractivity contribution in [2.24, 2.45) is 0 Å². The van der Waals surface area contributed by atoms with Crippen LogP contribution < -0.4 is 12.4 Å². The third kappa shape index (κ3) is 5.85. The maximum atomic E-state index is 14.3. The Morgan fingerprint density at radius 3 is 1.85 bits per heavy atom. The molecule has 3 aliphatic rings. The van der Waals surface area contributed by atoms with Crippen LogP contribution in [0.2, 0.25) is 0 Å². The number of piperidine rings is 1. The molecule has 3 heterocycles. The summed E-state index contributed by atoms with van der Waals surface area (Å²) in [6.07, 6.45) is 7.18. The van der Waals surface area contributed by atoms with E-state index in [1.165, 1.54) is 43.3 Å². The molecule has 1 spiro atoms. The molecule has 2 bridgehead atoms. The number of esters is 2. The van der Waals surface area contributed by atoms with Gasteiger partial charge < -0.3 is 31.5 Å². The third-order valence-corrected chi connectivity index (χ3v) is 8.97. The smallest absolute Gasteiger partial charge is 0.360 e. The Kier molecular flexibility index (Phi) is 9.34. The van der Waals surface area contributed by atoms with Crippen molar-refractivity contribution in [1.29, 1.82) is 0 Å². The van der Waals surface area contributed by atoms with Crippen LogP contribution in [0.1, 0.15) is 75.3 Å². The van der Waals surface area contributed by atoms with Crippen molar-refractivity contribution in [3.8, 4) is 0 Å². The van der Waals surface area contributed by atoms with Crippen LogP contribution in [0.4, 0.5) is 0 Å². The highest BCUT2D eigenvalue weighted by atomic mass is 35.5. The lowest BCUT2D eigenvalue weighted by Gasteiger charge is -2.47. The molecule has 3 fully saturated rings. The molecule has 3 aliphatic heterocycles. The monoisotopic (exact) mass is 555 g/mol. The molecule has 1 N–H and O–H groups in total. The number of rotatable bonds is 10. The number of aliphatic carboxylic acids is 1. The normalized spacial score (nSPS) is 23.1.